The van der Waals surface area contributed by atoms with Crippen molar-refractivity contribution in [3.05, 3.63) is 45.2 Å². The monoisotopic (exact) mass is 302 g/mol. The SMILES string of the molecule is CCC(=O)N(CCO)Cc1cc2cc(C)cc(C)c2[nH]c1=O. The summed E-state index contributed by atoms with van der Waals surface area (Å²) >= 11 is 0. The molecular weight excluding hydrogens is 280 g/mol. The normalized spacial score (nSPS) is 10.9. The molecule has 5 heteroatoms. The Labute approximate surface area is 129 Å². The molecule has 0 aliphatic heterocycles. The first kappa shape index (κ1) is 16.2. The van der Waals surface area contributed by atoms with E-state index < -0.39 is 0 Å². The molecule has 2 aromatic rings. The van der Waals surface area contributed by atoms with Crippen LogP contribution in [0.15, 0.2) is 23.0 Å². The first-order valence-electron chi connectivity index (χ1n) is 7.48. The van der Waals surface area contributed by atoms with E-state index in [0.29, 0.717) is 12.0 Å². The number of aromatic nitrogens is 1. The number of aryl methyl sites for hydroxylation is 2. The number of pyridine rings is 1. The Hall–Kier alpha value is -2.14. The van der Waals surface area contributed by atoms with Gasteiger partial charge in [-0.25, -0.2) is 0 Å². The fourth-order valence-electron chi connectivity index (χ4n) is 2.69. The molecule has 0 spiro atoms. The number of carbonyl (C=O) groups is 1. The molecular formula is C17H22N2O3. The number of hydrogen-bond donors (Lipinski definition) is 2. The largest absolute Gasteiger partial charge is 0.395 e. The molecule has 1 amide bonds. The van der Waals surface area contributed by atoms with Crippen LogP contribution >= 0.6 is 0 Å². The minimum absolute atomic E-state index is 0.0750. The minimum Gasteiger partial charge on any atom is -0.395 e. The summed E-state index contributed by atoms with van der Waals surface area (Å²) in [5, 5.41) is 10.1. The maximum Gasteiger partial charge on any atom is 0.253 e. The molecule has 0 unspecified atom stereocenters. The molecule has 0 radical (unpaired) electrons. The molecule has 5 nitrogen and oxygen atoms in total. The molecule has 0 bridgehead atoms. The van der Waals surface area contributed by atoms with Crippen molar-refractivity contribution < 1.29 is 9.90 Å². The summed E-state index contributed by atoms with van der Waals surface area (Å²) in [5.74, 6) is -0.0750. The van der Waals surface area contributed by atoms with Gasteiger partial charge in [0, 0.05) is 18.5 Å². The highest BCUT2D eigenvalue weighted by molar-refractivity contribution is 5.83. The molecule has 1 aromatic carbocycles. The summed E-state index contributed by atoms with van der Waals surface area (Å²) in [6.45, 7) is 6.07. The van der Waals surface area contributed by atoms with Gasteiger partial charge in [0.05, 0.1) is 18.7 Å². The molecule has 0 aliphatic rings. The van der Waals surface area contributed by atoms with Gasteiger partial charge in [-0.1, -0.05) is 18.6 Å². The molecule has 2 N–H and O–H groups in total. The Balaban J connectivity index is 2.44. The second-order valence-corrected chi connectivity index (χ2v) is 5.56. The van der Waals surface area contributed by atoms with Gasteiger partial charge in [-0.3, -0.25) is 9.59 Å². The van der Waals surface area contributed by atoms with Gasteiger partial charge in [0.25, 0.3) is 5.56 Å². The smallest absolute Gasteiger partial charge is 0.253 e. The maximum absolute atomic E-state index is 12.3. The third-order valence-electron chi connectivity index (χ3n) is 3.76. The number of aliphatic hydroxyl groups is 1. The van der Waals surface area contributed by atoms with Crippen LogP contribution in [0.2, 0.25) is 0 Å². The van der Waals surface area contributed by atoms with E-state index in [2.05, 4.69) is 4.98 Å². The summed E-state index contributed by atoms with van der Waals surface area (Å²) in [6, 6.07) is 5.87. The summed E-state index contributed by atoms with van der Waals surface area (Å²) in [5.41, 5.74) is 3.32. The Morgan fingerprint density at radius 3 is 2.64 bits per heavy atom. The summed E-state index contributed by atoms with van der Waals surface area (Å²) in [7, 11) is 0. The summed E-state index contributed by atoms with van der Waals surface area (Å²) in [6.07, 6.45) is 0.351. The maximum atomic E-state index is 12.3. The lowest BCUT2D eigenvalue weighted by atomic mass is 10.1. The van der Waals surface area contributed by atoms with Crippen molar-refractivity contribution in [3.63, 3.8) is 0 Å². The third-order valence-corrected chi connectivity index (χ3v) is 3.76. The van der Waals surface area contributed by atoms with E-state index >= 15 is 0 Å². The number of amides is 1. The van der Waals surface area contributed by atoms with Gasteiger partial charge in [0.2, 0.25) is 5.91 Å². The van der Waals surface area contributed by atoms with Gasteiger partial charge in [-0.15, -0.1) is 0 Å². The predicted molar refractivity (Wildman–Crippen MR) is 86.8 cm³/mol. The van der Waals surface area contributed by atoms with E-state index in [0.717, 1.165) is 22.0 Å². The zero-order valence-corrected chi connectivity index (χ0v) is 13.3. The number of aliphatic hydroxyl groups excluding tert-OH is 1. The van der Waals surface area contributed by atoms with Crippen LogP contribution in [0.3, 0.4) is 0 Å². The number of hydrogen-bond acceptors (Lipinski definition) is 3. The van der Waals surface area contributed by atoms with Crippen molar-refractivity contribution in [2.75, 3.05) is 13.2 Å². The van der Waals surface area contributed by atoms with Crippen molar-refractivity contribution in [2.45, 2.75) is 33.7 Å². The molecule has 0 fully saturated rings. The number of fused-ring (bicyclic) bond motifs is 1. The highest BCUT2D eigenvalue weighted by Crippen LogP contribution is 2.18. The summed E-state index contributed by atoms with van der Waals surface area (Å²) < 4.78 is 0. The topological polar surface area (TPSA) is 73.4 Å². The van der Waals surface area contributed by atoms with Crippen LogP contribution < -0.4 is 5.56 Å². The number of nitrogens with one attached hydrogen (secondary N) is 1. The second kappa shape index (κ2) is 6.75. The van der Waals surface area contributed by atoms with Crippen LogP contribution in [0.4, 0.5) is 0 Å². The van der Waals surface area contributed by atoms with Gasteiger partial charge < -0.3 is 15.0 Å². The standard InChI is InChI=1S/C17H22N2O3/c1-4-15(21)19(5-6-20)10-14-9-13-8-11(2)7-12(3)16(13)18-17(14)22/h7-9,20H,4-6,10H2,1-3H3,(H,18,22). The predicted octanol–water partition coefficient (Wildman–Crippen LogP) is 1.88. The van der Waals surface area contributed by atoms with Gasteiger partial charge in [0.15, 0.2) is 0 Å². The zero-order chi connectivity index (χ0) is 16.3. The number of carbonyl (C=O) groups excluding carboxylic acids is 1. The summed E-state index contributed by atoms with van der Waals surface area (Å²) in [4.78, 5) is 28.6. The average Bonchev–Trinajstić information content (AvgIpc) is 2.47. The van der Waals surface area contributed by atoms with Crippen LogP contribution in [-0.2, 0) is 11.3 Å². The second-order valence-electron chi connectivity index (χ2n) is 5.56. The molecule has 1 aromatic heterocycles. The first-order chi connectivity index (χ1) is 10.5. The minimum atomic E-state index is -0.189. The Bertz CT molecular complexity index is 749. The molecule has 0 aliphatic carbocycles. The lowest BCUT2D eigenvalue weighted by Gasteiger charge is -2.21. The molecule has 0 saturated heterocycles. The number of H-pyrrole nitrogens is 1. The van der Waals surface area contributed by atoms with Crippen molar-refractivity contribution >= 4 is 16.8 Å². The van der Waals surface area contributed by atoms with Crippen LogP contribution in [0.1, 0.15) is 30.0 Å². The van der Waals surface area contributed by atoms with E-state index in [-0.39, 0.29) is 31.2 Å². The average molecular weight is 302 g/mol. The lowest BCUT2D eigenvalue weighted by Crippen LogP contribution is -2.34. The lowest BCUT2D eigenvalue weighted by molar-refractivity contribution is -0.132. The fraction of sp³-hybridized carbons (Fsp3) is 0.412. The molecule has 0 saturated carbocycles. The van der Waals surface area contributed by atoms with Crippen LogP contribution in [0, 0.1) is 13.8 Å². The number of rotatable bonds is 5. The molecule has 118 valence electrons. The van der Waals surface area contributed by atoms with Crippen molar-refractivity contribution in [2.24, 2.45) is 0 Å². The number of nitrogens with zero attached hydrogens (tertiary/aromatic N) is 1. The van der Waals surface area contributed by atoms with Crippen molar-refractivity contribution in [1.29, 1.82) is 0 Å². The van der Waals surface area contributed by atoms with Crippen molar-refractivity contribution in [3.8, 4) is 0 Å². The molecule has 0 atom stereocenters. The Morgan fingerprint density at radius 2 is 2.00 bits per heavy atom. The van der Waals surface area contributed by atoms with E-state index in [1.807, 2.05) is 32.0 Å². The van der Waals surface area contributed by atoms with E-state index in [1.54, 1.807) is 6.92 Å². The fourth-order valence-corrected chi connectivity index (χ4v) is 2.69. The zero-order valence-electron chi connectivity index (χ0n) is 13.3. The first-order valence-corrected chi connectivity index (χ1v) is 7.48. The van der Waals surface area contributed by atoms with Crippen LogP contribution in [0.5, 0.6) is 0 Å². The molecule has 1 heterocycles. The van der Waals surface area contributed by atoms with E-state index in [4.69, 9.17) is 5.11 Å². The van der Waals surface area contributed by atoms with E-state index in [1.165, 1.54) is 4.90 Å². The van der Waals surface area contributed by atoms with Gasteiger partial charge in [-0.05, 0) is 36.9 Å². The Morgan fingerprint density at radius 1 is 1.27 bits per heavy atom. The highest BCUT2D eigenvalue weighted by atomic mass is 16.3. The number of benzene rings is 1. The van der Waals surface area contributed by atoms with Gasteiger partial charge >= 0.3 is 0 Å². The van der Waals surface area contributed by atoms with Crippen LogP contribution in [0.25, 0.3) is 10.9 Å². The third kappa shape index (κ3) is 3.36. The molecule has 22 heavy (non-hydrogen) atoms. The highest BCUT2D eigenvalue weighted by Gasteiger charge is 2.14. The van der Waals surface area contributed by atoms with Crippen molar-refractivity contribution in [1.82, 2.24) is 9.88 Å². The Kier molecular flexibility index (Phi) is 4.98. The van der Waals surface area contributed by atoms with Gasteiger partial charge in [-0.2, -0.15) is 0 Å². The quantitative estimate of drug-likeness (QED) is 0.885. The van der Waals surface area contributed by atoms with Gasteiger partial charge in [0.1, 0.15) is 0 Å². The number of aromatic amines is 1. The van der Waals surface area contributed by atoms with E-state index in [9.17, 15) is 9.59 Å². The molecule has 2 rings (SSSR count). The van der Waals surface area contributed by atoms with Crippen LogP contribution in [-0.4, -0.2) is 34.0 Å².